The number of rotatable bonds is 8. The number of hydrogen-bond donors (Lipinski definition) is 3. The maximum Gasteiger partial charge on any atom is 0.216 e. The van der Waals surface area contributed by atoms with Gasteiger partial charge in [0.1, 0.15) is 12.4 Å². The SMILES string of the molecule is CCNC(=NCc1nc(-c2ccco2)n[nH]1)NCCOC1CCCCCC1. The van der Waals surface area contributed by atoms with Gasteiger partial charge in [-0.3, -0.25) is 5.10 Å². The van der Waals surface area contributed by atoms with Crippen LogP contribution in [-0.2, 0) is 11.3 Å². The van der Waals surface area contributed by atoms with Crippen molar-refractivity contribution < 1.29 is 9.15 Å². The molecular formula is C19H30N6O2. The third-order valence-corrected chi connectivity index (χ3v) is 4.55. The summed E-state index contributed by atoms with van der Waals surface area (Å²) in [6.07, 6.45) is 9.68. The Bertz CT molecular complexity index is 674. The fourth-order valence-corrected chi connectivity index (χ4v) is 3.18. The van der Waals surface area contributed by atoms with Gasteiger partial charge < -0.3 is 19.8 Å². The summed E-state index contributed by atoms with van der Waals surface area (Å²) in [7, 11) is 0. The van der Waals surface area contributed by atoms with E-state index in [1.807, 2.05) is 19.1 Å². The van der Waals surface area contributed by atoms with E-state index in [0.29, 0.717) is 36.7 Å². The lowest BCUT2D eigenvalue weighted by molar-refractivity contribution is 0.0468. The number of nitrogens with one attached hydrogen (secondary N) is 3. The number of H-pyrrole nitrogens is 1. The maximum absolute atomic E-state index is 6.01. The minimum absolute atomic E-state index is 0.409. The topological polar surface area (TPSA) is 100 Å². The second-order valence-corrected chi connectivity index (χ2v) is 6.69. The van der Waals surface area contributed by atoms with Crippen LogP contribution in [0.15, 0.2) is 27.8 Å². The molecule has 0 spiro atoms. The average molecular weight is 374 g/mol. The van der Waals surface area contributed by atoms with E-state index in [9.17, 15) is 0 Å². The fraction of sp³-hybridized carbons (Fsp3) is 0.632. The highest BCUT2D eigenvalue weighted by Crippen LogP contribution is 2.19. The van der Waals surface area contributed by atoms with Crippen molar-refractivity contribution in [1.82, 2.24) is 25.8 Å². The Morgan fingerprint density at radius 1 is 1.30 bits per heavy atom. The molecule has 1 saturated carbocycles. The maximum atomic E-state index is 6.01. The van der Waals surface area contributed by atoms with Gasteiger partial charge in [-0.1, -0.05) is 25.7 Å². The Hall–Kier alpha value is -2.35. The van der Waals surface area contributed by atoms with Crippen LogP contribution in [-0.4, -0.2) is 46.9 Å². The molecule has 0 radical (unpaired) electrons. The van der Waals surface area contributed by atoms with Crippen LogP contribution in [0.2, 0.25) is 0 Å². The molecule has 1 aliphatic carbocycles. The number of aromatic amines is 1. The molecule has 0 amide bonds. The van der Waals surface area contributed by atoms with Crippen molar-refractivity contribution in [2.75, 3.05) is 19.7 Å². The number of ether oxygens (including phenoxy) is 1. The van der Waals surface area contributed by atoms with E-state index in [0.717, 1.165) is 19.0 Å². The minimum atomic E-state index is 0.409. The first kappa shape index (κ1) is 19.4. The van der Waals surface area contributed by atoms with Crippen LogP contribution in [0.25, 0.3) is 11.6 Å². The number of aromatic nitrogens is 3. The zero-order valence-corrected chi connectivity index (χ0v) is 16.0. The molecule has 148 valence electrons. The zero-order chi connectivity index (χ0) is 18.7. The highest BCUT2D eigenvalue weighted by atomic mass is 16.5. The van der Waals surface area contributed by atoms with E-state index in [4.69, 9.17) is 9.15 Å². The number of guanidine groups is 1. The van der Waals surface area contributed by atoms with Gasteiger partial charge in [-0.2, -0.15) is 0 Å². The molecule has 2 heterocycles. The summed E-state index contributed by atoms with van der Waals surface area (Å²) in [5, 5.41) is 13.6. The van der Waals surface area contributed by atoms with Gasteiger partial charge in [-0.15, -0.1) is 5.10 Å². The van der Waals surface area contributed by atoms with Crippen molar-refractivity contribution in [3.63, 3.8) is 0 Å². The zero-order valence-electron chi connectivity index (χ0n) is 16.0. The van der Waals surface area contributed by atoms with Crippen molar-refractivity contribution in [2.45, 2.75) is 58.1 Å². The smallest absolute Gasteiger partial charge is 0.216 e. The lowest BCUT2D eigenvalue weighted by atomic mass is 10.1. The molecular weight excluding hydrogens is 344 g/mol. The molecule has 0 aliphatic heterocycles. The van der Waals surface area contributed by atoms with Gasteiger partial charge in [-0.05, 0) is 31.9 Å². The molecule has 1 fully saturated rings. The molecule has 0 bridgehead atoms. The molecule has 0 saturated heterocycles. The quantitative estimate of drug-likeness (QED) is 0.284. The highest BCUT2D eigenvalue weighted by molar-refractivity contribution is 5.79. The van der Waals surface area contributed by atoms with Crippen LogP contribution < -0.4 is 10.6 Å². The first-order valence-corrected chi connectivity index (χ1v) is 9.94. The number of hydrogen-bond acceptors (Lipinski definition) is 5. The first-order chi connectivity index (χ1) is 13.3. The van der Waals surface area contributed by atoms with Crippen molar-refractivity contribution in [3.05, 3.63) is 24.2 Å². The highest BCUT2D eigenvalue weighted by Gasteiger charge is 2.12. The predicted octanol–water partition coefficient (Wildman–Crippen LogP) is 2.86. The molecule has 3 rings (SSSR count). The molecule has 0 aromatic carbocycles. The van der Waals surface area contributed by atoms with E-state index < -0.39 is 0 Å². The molecule has 2 aromatic heterocycles. The Morgan fingerprint density at radius 3 is 2.89 bits per heavy atom. The molecule has 0 atom stereocenters. The first-order valence-electron chi connectivity index (χ1n) is 9.94. The normalized spacial score (nSPS) is 16.3. The molecule has 2 aromatic rings. The van der Waals surface area contributed by atoms with Crippen LogP contribution in [0.3, 0.4) is 0 Å². The number of nitrogens with zero attached hydrogens (tertiary/aromatic N) is 3. The standard InChI is InChI=1S/C19H30N6O2/c1-2-20-19(21-11-13-26-15-8-5-3-4-6-9-15)22-14-17-23-18(25-24-17)16-10-7-12-27-16/h7,10,12,15H,2-6,8-9,11,13-14H2,1H3,(H2,20,21,22)(H,23,24,25). The van der Waals surface area contributed by atoms with E-state index in [1.54, 1.807) is 6.26 Å². The minimum Gasteiger partial charge on any atom is -0.461 e. The van der Waals surface area contributed by atoms with Gasteiger partial charge in [0.05, 0.1) is 19.0 Å². The average Bonchev–Trinajstić information content (AvgIpc) is 3.31. The van der Waals surface area contributed by atoms with Crippen LogP contribution in [0.4, 0.5) is 0 Å². The Balaban J connectivity index is 1.43. The van der Waals surface area contributed by atoms with Crippen molar-refractivity contribution in [1.29, 1.82) is 0 Å². The second kappa shape index (κ2) is 10.7. The van der Waals surface area contributed by atoms with Gasteiger partial charge in [0, 0.05) is 13.1 Å². The third kappa shape index (κ3) is 6.39. The molecule has 0 unspecified atom stereocenters. The molecule has 1 aliphatic rings. The monoisotopic (exact) mass is 374 g/mol. The fourth-order valence-electron chi connectivity index (χ4n) is 3.18. The summed E-state index contributed by atoms with van der Waals surface area (Å²) < 4.78 is 11.3. The summed E-state index contributed by atoms with van der Waals surface area (Å²) in [6.45, 7) is 4.68. The summed E-state index contributed by atoms with van der Waals surface area (Å²) in [5.41, 5.74) is 0. The Kier molecular flexibility index (Phi) is 7.70. The van der Waals surface area contributed by atoms with E-state index in [-0.39, 0.29) is 0 Å². The van der Waals surface area contributed by atoms with Gasteiger partial charge in [0.15, 0.2) is 11.7 Å². The lowest BCUT2D eigenvalue weighted by Crippen LogP contribution is -2.39. The van der Waals surface area contributed by atoms with Crippen LogP contribution >= 0.6 is 0 Å². The van der Waals surface area contributed by atoms with Crippen molar-refractivity contribution in [2.24, 2.45) is 4.99 Å². The molecule has 8 nitrogen and oxygen atoms in total. The molecule has 3 N–H and O–H groups in total. The van der Waals surface area contributed by atoms with Crippen molar-refractivity contribution in [3.8, 4) is 11.6 Å². The van der Waals surface area contributed by atoms with Gasteiger partial charge in [0.2, 0.25) is 5.82 Å². The summed E-state index contributed by atoms with van der Waals surface area (Å²) >= 11 is 0. The largest absolute Gasteiger partial charge is 0.461 e. The van der Waals surface area contributed by atoms with E-state index in [2.05, 4.69) is 30.8 Å². The third-order valence-electron chi connectivity index (χ3n) is 4.55. The van der Waals surface area contributed by atoms with Crippen LogP contribution in [0.5, 0.6) is 0 Å². The second-order valence-electron chi connectivity index (χ2n) is 6.69. The molecule has 27 heavy (non-hydrogen) atoms. The lowest BCUT2D eigenvalue weighted by Gasteiger charge is -2.16. The predicted molar refractivity (Wildman–Crippen MR) is 104 cm³/mol. The van der Waals surface area contributed by atoms with E-state index >= 15 is 0 Å². The van der Waals surface area contributed by atoms with E-state index in [1.165, 1.54) is 38.5 Å². The Labute approximate surface area is 160 Å². The van der Waals surface area contributed by atoms with Crippen LogP contribution in [0.1, 0.15) is 51.3 Å². The molecule has 8 heteroatoms. The van der Waals surface area contributed by atoms with Gasteiger partial charge >= 0.3 is 0 Å². The van der Waals surface area contributed by atoms with Gasteiger partial charge in [-0.25, -0.2) is 9.98 Å². The number of aliphatic imine (C=N–C) groups is 1. The van der Waals surface area contributed by atoms with Crippen LogP contribution in [0, 0.1) is 0 Å². The summed E-state index contributed by atoms with van der Waals surface area (Å²) in [4.78, 5) is 8.96. The number of furan rings is 1. The summed E-state index contributed by atoms with van der Waals surface area (Å²) in [5.74, 6) is 2.62. The van der Waals surface area contributed by atoms with Gasteiger partial charge in [0.25, 0.3) is 0 Å². The Morgan fingerprint density at radius 2 is 2.15 bits per heavy atom. The summed E-state index contributed by atoms with van der Waals surface area (Å²) in [6, 6.07) is 3.64. The van der Waals surface area contributed by atoms with Crippen molar-refractivity contribution >= 4 is 5.96 Å².